The Kier molecular flexibility index (Phi) is 2.27. The van der Waals surface area contributed by atoms with Gasteiger partial charge < -0.3 is 4.55 Å². The Bertz CT molecular complexity index is 577. The summed E-state index contributed by atoms with van der Waals surface area (Å²) < 4.78 is 83.7. The van der Waals surface area contributed by atoms with Crippen molar-refractivity contribution in [3.63, 3.8) is 0 Å². The second-order valence-electron chi connectivity index (χ2n) is 2.35. The van der Waals surface area contributed by atoms with Crippen LogP contribution in [0.1, 0.15) is 34.8 Å². The first-order valence-electron chi connectivity index (χ1n) is 6.78. The first kappa shape index (κ1) is 6.01. The van der Waals surface area contributed by atoms with Gasteiger partial charge in [-0.05, 0) is 23.6 Å². The molecule has 3 nitrogen and oxygen atoms in total. The Hall–Kier alpha value is 0.130. The van der Waals surface area contributed by atoms with E-state index in [4.69, 9.17) is 9.60 Å². The molecule has 0 saturated carbocycles. The van der Waals surface area contributed by atoms with E-state index >= 15 is 0 Å². The predicted octanol–water partition coefficient (Wildman–Crippen LogP) is -1.28. The molecule has 72 valence electrons. The molecule has 0 aliphatic rings. The van der Waals surface area contributed by atoms with Crippen LogP contribution in [0.4, 0.5) is 0 Å². The second-order valence-corrected chi connectivity index (χ2v) is 3.73. The molecule has 0 aliphatic heterocycles. The van der Waals surface area contributed by atoms with Crippen LogP contribution in [0.15, 0.2) is 29.2 Å². The van der Waals surface area contributed by atoms with E-state index in [0.717, 1.165) is 24.3 Å². The fraction of sp³-hybridized carbons (Fsp3) is 0.333. The average Bonchev–Trinajstić information content (AvgIpc) is 2.24. The maximum absolute atomic E-state index is 10.8. The van der Waals surface area contributed by atoms with Crippen LogP contribution in [-0.2, 0) is 10.1 Å². The predicted molar refractivity (Wildman–Crippen MR) is 48.5 cm³/mol. The average molecular weight is 229 g/mol. The van der Waals surface area contributed by atoms with E-state index in [9.17, 15) is 13.0 Å². The molecule has 1 aromatic carbocycles. The van der Waals surface area contributed by atoms with Crippen LogP contribution >= 0.6 is 0 Å². The van der Waals surface area contributed by atoms with Gasteiger partial charge in [0, 0.05) is 9.60 Å². The minimum absolute atomic E-state index is 0. The molecule has 0 radical (unpaired) electrons. The Morgan fingerprint density at radius 1 is 1.36 bits per heavy atom. The van der Waals surface area contributed by atoms with Gasteiger partial charge in [0.1, 0.15) is 10.1 Å². The number of hydrogen-bond donors (Lipinski definition) is 0. The quantitative estimate of drug-likeness (QED) is 0.469. The molecule has 14 heavy (non-hydrogen) atoms. The van der Waals surface area contributed by atoms with Crippen LogP contribution in [0.2, 0.25) is 0 Å². The van der Waals surface area contributed by atoms with Gasteiger partial charge in [-0.15, -0.1) is 0 Å². The molecule has 0 amide bonds. The molecule has 0 bridgehead atoms. The summed E-state index contributed by atoms with van der Waals surface area (Å²) in [5.74, 6) is -2.91. The minimum Gasteiger partial charge on any atom is -0.744 e. The van der Waals surface area contributed by atoms with E-state index in [1.165, 1.54) is 0 Å². The molecule has 0 heterocycles. The fourth-order valence-corrected chi connectivity index (χ4v) is 1.26. The summed E-state index contributed by atoms with van der Waals surface area (Å²) in [6.07, 6.45) is 0. The Labute approximate surface area is 116 Å². The topological polar surface area (TPSA) is 57.2 Å². The monoisotopic (exact) mass is 229 g/mol. The van der Waals surface area contributed by atoms with Crippen molar-refractivity contribution >= 4 is 10.1 Å². The van der Waals surface area contributed by atoms with Gasteiger partial charge >= 0.3 is 29.6 Å². The maximum atomic E-state index is 10.8. The van der Waals surface area contributed by atoms with E-state index in [1.807, 2.05) is 0 Å². The molecule has 0 unspecified atom stereocenters. The summed E-state index contributed by atoms with van der Waals surface area (Å²) in [4.78, 5) is -0.625. The summed E-state index contributed by atoms with van der Waals surface area (Å²) in [6.45, 7) is -6.31. The van der Waals surface area contributed by atoms with Crippen LogP contribution in [0.3, 0.4) is 0 Å². The molecule has 0 aromatic heterocycles. The van der Waals surface area contributed by atoms with Gasteiger partial charge in [0.15, 0.2) is 0 Å². The van der Waals surface area contributed by atoms with Crippen molar-refractivity contribution in [3.05, 3.63) is 29.8 Å². The summed E-state index contributed by atoms with van der Waals surface area (Å²) >= 11 is 0. The van der Waals surface area contributed by atoms with Gasteiger partial charge in [-0.25, -0.2) is 8.42 Å². The van der Waals surface area contributed by atoms with Gasteiger partial charge in [0.2, 0.25) is 0 Å². The van der Waals surface area contributed by atoms with E-state index < -0.39 is 40.2 Å². The van der Waals surface area contributed by atoms with Crippen LogP contribution in [0.25, 0.3) is 0 Å². The third-order valence-corrected chi connectivity index (χ3v) is 2.28. The van der Waals surface area contributed by atoms with Crippen LogP contribution in [0.5, 0.6) is 0 Å². The van der Waals surface area contributed by atoms with E-state index in [0.29, 0.717) is 0 Å². The van der Waals surface area contributed by atoms with Crippen molar-refractivity contribution in [1.82, 2.24) is 0 Å². The van der Waals surface area contributed by atoms with E-state index in [-0.39, 0.29) is 29.6 Å². The Balaban J connectivity index is 0.00000400. The van der Waals surface area contributed by atoms with Gasteiger partial charge in [-0.3, -0.25) is 0 Å². The number of rotatable bonds is 2. The van der Waals surface area contributed by atoms with Crippen molar-refractivity contribution in [3.8, 4) is 0 Å². The molecular formula is C9H11NaO3S. The van der Waals surface area contributed by atoms with Crippen molar-refractivity contribution in [2.24, 2.45) is 0 Å². The molecule has 0 N–H and O–H groups in total. The van der Waals surface area contributed by atoms with Gasteiger partial charge in [0.05, 0.1) is 4.90 Å². The molecule has 0 saturated heterocycles. The van der Waals surface area contributed by atoms with Crippen molar-refractivity contribution in [2.45, 2.75) is 24.5 Å². The smallest absolute Gasteiger partial charge is 0.744 e. The Morgan fingerprint density at radius 2 is 1.86 bits per heavy atom. The first-order valence-corrected chi connectivity index (χ1v) is 4.68. The standard InChI is InChI=1S/C9H12O3S.Na/c1-7(2)8-3-5-9(6-4-8)13(10,11)12;/h3-7H,1-2H3,(H,10,11,12);/q;+1/p-1/i1D3,2D3,7D;. The van der Waals surface area contributed by atoms with Crippen molar-refractivity contribution in [2.75, 3.05) is 0 Å². The van der Waals surface area contributed by atoms with E-state index in [1.54, 1.807) is 0 Å². The molecule has 0 spiro atoms. The fourth-order valence-electron chi connectivity index (χ4n) is 0.788. The Morgan fingerprint density at radius 3 is 2.21 bits per heavy atom. The van der Waals surface area contributed by atoms with Crippen LogP contribution in [0, 0.1) is 0 Å². The molecule has 0 atom stereocenters. The summed E-state index contributed by atoms with van der Waals surface area (Å²) in [7, 11) is -4.73. The largest absolute Gasteiger partial charge is 1.00 e. The number of hydrogen-bond acceptors (Lipinski definition) is 3. The summed E-state index contributed by atoms with van der Waals surface area (Å²) in [5, 5.41) is 0. The summed E-state index contributed by atoms with van der Waals surface area (Å²) in [6, 6.07) is 3.30. The molecular weight excluding hydrogens is 211 g/mol. The zero-order chi connectivity index (χ0) is 16.0. The van der Waals surface area contributed by atoms with Gasteiger partial charge in [-0.1, -0.05) is 25.8 Å². The summed E-state index contributed by atoms with van der Waals surface area (Å²) in [5.41, 5.74) is -0.412. The van der Waals surface area contributed by atoms with E-state index in [2.05, 4.69) is 0 Å². The molecule has 5 heteroatoms. The zero-order valence-electron chi connectivity index (χ0n) is 14.4. The van der Waals surface area contributed by atoms with Crippen molar-refractivity contribution in [1.29, 1.82) is 0 Å². The third-order valence-electron chi connectivity index (χ3n) is 1.43. The zero-order valence-corrected chi connectivity index (χ0v) is 10.3. The SMILES string of the molecule is [2H]C([2H])([2H])C([2H])(c1ccc(S(=O)(=O)[O-])cc1)C([2H])([2H])[2H].[Na+]. The molecule has 1 rings (SSSR count). The minimum atomic E-state index is -4.73. The molecule has 0 aliphatic carbocycles. The van der Waals surface area contributed by atoms with Crippen LogP contribution in [-0.4, -0.2) is 13.0 Å². The maximum Gasteiger partial charge on any atom is 1.00 e. The number of benzene rings is 1. The third kappa shape index (κ3) is 3.71. The van der Waals surface area contributed by atoms with Gasteiger partial charge in [0.25, 0.3) is 0 Å². The first-order chi connectivity index (χ1) is 8.71. The molecule has 0 fully saturated rings. The van der Waals surface area contributed by atoms with Gasteiger partial charge in [-0.2, -0.15) is 0 Å². The molecule has 1 aromatic rings. The van der Waals surface area contributed by atoms with Crippen LogP contribution < -0.4 is 29.6 Å². The second kappa shape index (κ2) is 5.28. The normalized spacial score (nSPS) is 21.1. The van der Waals surface area contributed by atoms with Crippen molar-refractivity contribution < 1.29 is 52.1 Å².